The summed E-state index contributed by atoms with van der Waals surface area (Å²) in [5.74, 6) is 1.15. The van der Waals surface area contributed by atoms with Gasteiger partial charge >= 0.3 is 6.09 Å². The minimum absolute atomic E-state index is 0.0872. The molecule has 1 aromatic heterocycles. The first-order chi connectivity index (χ1) is 19.6. The van der Waals surface area contributed by atoms with E-state index in [0.717, 1.165) is 56.7 Å². The average Bonchev–Trinajstić information content (AvgIpc) is 3.68. The summed E-state index contributed by atoms with van der Waals surface area (Å²) in [6, 6.07) is 21.5. The summed E-state index contributed by atoms with van der Waals surface area (Å²) in [6.07, 6.45) is 8.69. The van der Waals surface area contributed by atoms with E-state index < -0.39 is 0 Å². The van der Waals surface area contributed by atoms with Crippen LogP contribution in [-0.2, 0) is 14.9 Å². The number of aryl methyl sites for hydroxylation is 1. The van der Waals surface area contributed by atoms with E-state index in [1.807, 2.05) is 4.90 Å². The zero-order chi connectivity index (χ0) is 27.1. The van der Waals surface area contributed by atoms with Crippen molar-refractivity contribution in [1.82, 2.24) is 19.4 Å². The number of carbonyl (C=O) groups is 1. The van der Waals surface area contributed by atoms with Crippen LogP contribution in [0.3, 0.4) is 0 Å². The lowest BCUT2D eigenvalue weighted by Crippen LogP contribution is -2.49. The van der Waals surface area contributed by atoms with E-state index in [9.17, 15) is 4.79 Å². The highest BCUT2D eigenvalue weighted by molar-refractivity contribution is 5.76. The van der Waals surface area contributed by atoms with Crippen molar-refractivity contribution in [3.8, 4) is 0 Å². The Bertz CT molecular complexity index is 1310. The summed E-state index contributed by atoms with van der Waals surface area (Å²) in [5.41, 5.74) is 3.93. The quantitative estimate of drug-likeness (QED) is 0.390. The fraction of sp³-hybridized carbons (Fsp3) is 0.576. The molecule has 4 aliphatic heterocycles. The van der Waals surface area contributed by atoms with Gasteiger partial charge in [0.2, 0.25) is 0 Å². The number of aromatic nitrogens is 2. The summed E-state index contributed by atoms with van der Waals surface area (Å²) in [5, 5.41) is 0. The number of para-hydroxylation sites is 2. The van der Waals surface area contributed by atoms with Gasteiger partial charge in [-0.15, -0.1) is 0 Å². The van der Waals surface area contributed by atoms with Crippen LogP contribution in [0.25, 0.3) is 11.0 Å². The summed E-state index contributed by atoms with van der Waals surface area (Å²) in [7, 11) is 0. The highest BCUT2D eigenvalue weighted by Crippen LogP contribution is 2.45. The molecule has 5 heterocycles. The second-order valence-corrected chi connectivity index (χ2v) is 12.5. The maximum absolute atomic E-state index is 12.9. The molecule has 4 saturated heterocycles. The lowest BCUT2D eigenvalue weighted by Gasteiger charge is -2.45. The summed E-state index contributed by atoms with van der Waals surface area (Å²) >= 11 is 0. The van der Waals surface area contributed by atoms with Gasteiger partial charge in [0.25, 0.3) is 0 Å². The Morgan fingerprint density at radius 3 is 2.42 bits per heavy atom. The molecule has 2 aromatic carbocycles. The van der Waals surface area contributed by atoms with Crippen LogP contribution in [0.2, 0.25) is 0 Å². The zero-order valence-corrected chi connectivity index (χ0v) is 23.7. The molecule has 0 saturated carbocycles. The molecular formula is C33H42N4O3. The number of likely N-dealkylation sites (tertiary alicyclic amines) is 1. The molecule has 4 fully saturated rings. The number of ether oxygens (including phenoxy) is 2. The Kier molecular flexibility index (Phi) is 7.04. The Morgan fingerprint density at radius 2 is 1.70 bits per heavy atom. The normalized spacial score (nSPS) is 28.3. The van der Waals surface area contributed by atoms with Crippen molar-refractivity contribution in [3.63, 3.8) is 0 Å². The predicted octanol–water partition coefficient (Wildman–Crippen LogP) is 5.86. The molecule has 4 atom stereocenters. The first-order valence-corrected chi connectivity index (χ1v) is 15.4. The third-order valence-corrected chi connectivity index (χ3v) is 10.4. The van der Waals surface area contributed by atoms with Gasteiger partial charge in [-0.3, -0.25) is 4.90 Å². The number of benzene rings is 2. The lowest BCUT2D eigenvalue weighted by molar-refractivity contribution is 0.0396. The van der Waals surface area contributed by atoms with Crippen LogP contribution < -0.4 is 0 Å². The third-order valence-electron chi connectivity index (χ3n) is 10.4. The molecule has 3 aromatic rings. The molecule has 0 aliphatic carbocycles. The highest BCUT2D eigenvalue weighted by atomic mass is 16.6. The van der Waals surface area contributed by atoms with Crippen LogP contribution in [-0.4, -0.2) is 76.5 Å². The van der Waals surface area contributed by atoms with Gasteiger partial charge in [-0.1, -0.05) is 42.5 Å². The molecule has 1 amide bonds. The Hall–Kier alpha value is -2.90. The van der Waals surface area contributed by atoms with Crippen LogP contribution in [0.15, 0.2) is 54.6 Å². The molecule has 0 spiro atoms. The van der Waals surface area contributed by atoms with Gasteiger partial charge in [-0.05, 0) is 81.5 Å². The average molecular weight is 543 g/mol. The molecular weight excluding hydrogens is 500 g/mol. The van der Waals surface area contributed by atoms with Crippen molar-refractivity contribution < 1.29 is 14.3 Å². The Labute approximate surface area is 237 Å². The minimum atomic E-state index is -0.167. The second kappa shape index (κ2) is 10.8. The van der Waals surface area contributed by atoms with E-state index in [2.05, 4.69) is 71.0 Å². The van der Waals surface area contributed by atoms with Crippen molar-refractivity contribution in [1.29, 1.82) is 0 Å². The summed E-state index contributed by atoms with van der Waals surface area (Å²) < 4.78 is 13.7. The van der Waals surface area contributed by atoms with Gasteiger partial charge in [0.1, 0.15) is 11.9 Å². The standard InChI is InChI=1S/C33H42N4O3/c1-24-34-30-9-5-6-10-31(30)37(24)28-21-26-11-12-27(22-28)36(26)19-16-33(25-7-3-2-4-8-25)14-17-35(18-15-33)32(38)40-29-13-20-39-23-29/h2-10,26-29H,11-23H2,1H3/t26-,27+,28?,29-/m0/s1. The van der Waals surface area contributed by atoms with Gasteiger partial charge in [0, 0.05) is 37.6 Å². The number of imidazole rings is 1. The number of rotatable bonds is 6. The third kappa shape index (κ3) is 4.81. The first-order valence-electron chi connectivity index (χ1n) is 15.4. The van der Waals surface area contributed by atoms with Crippen LogP contribution >= 0.6 is 0 Å². The van der Waals surface area contributed by atoms with Crippen molar-refractivity contribution in [2.75, 3.05) is 32.8 Å². The maximum atomic E-state index is 12.9. The van der Waals surface area contributed by atoms with Crippen molar-refractivity contribution >= 4 is 17.1 Å². The topological polar surface area (TPSA) is 59.8 Å². The monoisotopic (exact) mass is 542 g/mol. The number of fused-ring (bicyclic) bond motifs is 3. The molecule has 0 radical (unpaired) electrons. The van der Waals surface area contributed by atoms with Crippen molar-refractivity contribution in [2.45, 2.75) is 87.9 Å². The number of hydrogen-bond donors (Lipinski definition) is 0. The van der Waals surface area contributed by atoms with E-state index >= 15 is 0 Å². The van der Waals surface area contributed by atoms with Crippen molar-refractivity contribution in [2.24, 2.45) is 0 Å². The number of nitrogens with zero attached hydrogens (tertiary/aromatic N) is 4. The van der Waals surface area contributed by atoms with Gasteiger partial charge in [-0.25, -0.2) is 9.78 Å². The van der Waals surface area contributed by atoms with E-state index in [1.54, 1.807) is 0 Å². The van der Waals surface area contributed by atoms with E-state index in [0.29, 0.717) is 31.3 Å². The number of piperidine rings is 2. The fourth-order valence-corrected chi connectivity index (χ4v) is 8.21. The lowest BCUT2D eigenvalue weighted by atomic mass is 9.70. The number of carbonyl (C=O) groups excluding carboxylic acids is 1. The molecule has 7 heteroatoms. The highest BCUT2D eigenvalue weighted by Gasteiger charge is 2.44. The zero-order valence-electron chi connectivity index (χ0n) is 23.7. The van der Waals surface area contributed by atoms with Gasteiger partial charge in [-0.2, -0.15) is 0 Å². The van der Waals surface area contributed by atoms with Crippen LogP contribution in [0.4, 0.5) is 4.79 Å². The van der Waals surface area contributed by atoms with Gasteiger partial charge < -0.3 is 18.9 Å². The Morgan fingerprint density at radius 1 is 0.975 bits per heavy atom. The molecule has 7 nitrogen and oxygen atoms in total. The van der Waals surface area contributed by atoms with E-state index in [-0.39, 0.29) is 17.6 Å². The summed E-state index contributed by atoms with van der Waals surface area (Å²) in [6.45, 7) is 6.02. The van der Waals surface area contributed by atoms with Crippen LogP contribution in [0.1, 0.15) is 68.8 Å². The second-order valence-electron chi connectivity index (χ2n) is 12.5. The molecule has 0 N–H and O–H groups in total. The molecule has 212 valence electrons. The van der Waals surface area contributed by atoms with E-state index in [4.69, 9.17) is 14.5 Å². The molecule has 1 unspecified atom stereocenters. The first kappa shape index (κ1) is 26.0. The number of amides is 1. The molecule has 4 aliphatic rings. The molecule has 7 rings (SSSR count). The predicted molar refractivity (Wildman–Crippen MR) is 156 cm³/mol. The van der Waals surface area contributed by atoms with Crippen molar-refractivity contribution in [3.05, 3.63) is 66.0 Å². The largest absolute Gasteiger partial charge is 0.444 e. The Balaban J connectivity index is 1.04. The minimum Gasteiger partial charge on any atom is -0.444 e. The summed E-state index contributed by atoms with van der Waals surface area (Å²) in [4.78, 5) is 22.5. The number of hydrogen-bond acceptors (Lipinski definition) is 5. The van der Waals surface area contributed by atoms with Crippen LogP contribution in [0.5, 0.6) is 0 Å². The maximum Gasteiger partial charge on any atom is 0.410 e. The molecule has 2 bridgehead atoms. The van der Waals surface area contributed by atoms with Crippen LogP contribution in [0, 0.1) is 6.92 Å². The van der Waals surface area contributed by atoms with Gasteiger partial charge in [0.15, 0.2) is 0 Å². The molecule has 40 heavy (non-hydrogen) atoms. The van der Waals surface area contributed by atoms with Gasteiger partial charge in [0.05, 0.1) is 24.2 Å². The fourth-order valence-electron chi connectivity index (χ4n) is 8.21. The smallest absolute Gasteiger partial charge is 0.410 e. The van der Waals surface area contributed by atoms with E-state index in [1.165, 1.54) is 36.8 Å². The SMILES string of the molecule is Cc1nc2ccccc2n1C1C[C@H]2CC[C@@H](C1)N2CCC1(c2ccccc2)CCN(C(=O)O[C@H]2CCOC2)CC1.